The van der Waals surface area contributed by atoms with E-state index in [9.17, 15) is 9.18 Å². The average molecular weight is 352 g/mol. The zero-order valence-corrected chi connectivity index (χ0v) is 13.4. The highest BCUT2D eigenvalue weighted by Gasteiger charge is 2.15. The van der Waals surface area contributed by atoms with Crippen molar-refractivity contribution in [3.05, 3.63) is 58.3 Å². The summed E-state index contributed by atoms with van der Waals surface area (Å²) in [5.41, 5.74) is 1.08. The Bertz CT molecular complexity index is 660. The summed E-state index contributed by atoms with van der Waals surface area (Å²) >= 11 is 3.19. The zero-order valence-electron chi connectivity index (χ0n) is 11.8. The van der Waals surface area contributed by atoms with Crippen molar-refractivity contribution in [1.82, 2.24) is 0 Å². The molecule has 0 saturated heterocycles. The number of hydrogen-bond acceptors (Lipinski definition) is 2. The number of hydrogen-bond donors (Lipinski definition) is 0. The summed E-state index contributed by atoms with van der Waals surface area (Å²) < 4.78 is 19.6. The smallest absolute Gasteiger partial charge is 0.231 e. The maximum absolute atomic E-state index is 13.9. The molecule has 0 aliphatic carbocycles. The Kier molecular flexibility index (Phi) is 4.96. The van der Waals surface area contributed by atoms with Gasteiger partial charge in [-0.05, 0) is 35.9 Å². The third kappa shape index (κ3) is 3.82. The summed E-state index contributed by atoms with van der Waals surface area (Å²) in [6.45, 7) is 0. The van der Waals surface area contributed by atoms with Crippen LogP contribution in [0, 0.1) is 5.82 Å². The molecule has 0 aromatic heterocycles. The van der Waals surface area contributed by atoms with Crippen molar-refractivity contribution < 1.29 is 13.9 Å². The first-order chi connectivity index (χ1) is 10.0. The maximum atomic E-state index is 13.9. The molecule has 2 rings (SSSR count). The molecule has 2 aromatic carbocycles. The van der Waals surface area contributed by atoms with E-state index in [1.807, 2.05) is 18.2 Å². The number of likely N-dealkylation sites (N-methyl/N-ethyl adjacent to an activating group) is 1. The predicted octanol–water partition coefficient (Wildman–Crippen LogP) is 3.80. The summed E-state index contributed by atoms with van der Waals surface area (Å²) in [5.74, 6) is 0.0631. The van der Waals surface area contributed by atoms with Gasteiger partial charge in [-0.25, -0.2) is 4.39 Å². The van der Waals surface area contributed by atoms with Crippen LogP contribution in [-0.4, -0.2) is 20.1 Å². The van der Waals surface area contributed by atoms with Crippen molar-refractivity contribution in [2.45, 2.75) is 6.42 Å². The van der Waals surface area contributed by atoms with Crippen LogP contribution in [0.15, 0.2) is 46.9 Å². The minimum absolute atomic E-state index is 0.184. The summed E-state index contributed by atoms with van der Waals surface area (Å²) in [6, 6.07) is 11.9. The molecule has 110 valence electrons. The molecule has 0 N–H and O–H groups in total. The molecule has 0 aliphatic heterocycles. The Labute approximate surface area is 131 Å². The van der Waals surface area contributed by atoms with Gasteiger partial charge in [-0.15, -0.1) is 0 Å². The first kappa shape index (κ1) is 15.5. The predicted molar refractivity (Wildman–Crippen MR) is 84.2 cm³/mol. The van der Waals surface area contributed by atoms with Gasteiger partial charge in [0, 0.05) is 11.5 Å². The number of amides is 1. The Hall–Kier alpha value is -1.88. The second kappa shape index (κ2) is 6.72. The van der Waals surface area contributed by atoms with Crippen LogP contribution in [0.3, 0.4) is 0 Å². The number of halogens is 2. The first-order valence-electron chi connectivity index (χ1n) is 6.36. The van der Waals surface area contributed by atoms with Gasteiger partial charge in [-0.2, -0.15) is 0 Å². The molecule has 0 aliphatic rings. The Morgan fingerprint density at radius 2 is 2.05 bits per heavy atom. The van der Waals surface area contributed by atoms with Gasteiger partial charge in [0.05, 0.1) is 19.2 Å². The molecular weight excluding hydrogens is 337 g/mol. The fraction of sp³-hybridized carbons (Fsp3) is 0.188. The second-order valence-corrected chi connectivity index (χ2v) is 5.49. The van der Waals surface area contributed by atoms with E-state index in [0.717, 1.165) is 5.56 Å². The van der Waals surface area contributed by atoms with E-state index in [1.165, 1.54) is 11.0 Å². The largest absolute Gasteiger partial charge is 0.497 e. The van der Waals surface area contributed by atoms with E-state index in [0.29, 0.717) is 10.2 Å². The molecule has 0 bridgehead atoms. The summed E-state index contributed by atoms with van der Waals surface area (Å²) in [6.07, 6.45) is 0.184. The molecule has 21 heavy (non-hydrogen) atoms. The van der Waals surface area contributed by atoms with Gasteiger partial charge in [0.15, 0.2) is 0 Å². The molecule has 5 heteroatoms. The fourth-order valence-electron chi connectivity index (χ4n) is 1.96. The minimum Gasteiger partial charge on any atom is -0.497 e. The van der Waals surface area contributed by atoms with Gasteiger partial charge >= 0.3 is 0 Å². The molecule has 0 heterocycles. The third-order valence-corrected chi connectivity index (χ3v) is 3.63. The van der Waals surface area contributed by atoms with Gasteiger partial charge in [-0.1, -0.05) is 28.1 Å². The van der Waals surface area contributed by atoms with Gasteiger partial charge in [0.25, 0.3) is 0 Å². The molecule has 0 saturated carbocycles. The SMILES string of the molecule is COc1cccc(CC(=O)N(C)c2ccc(Br)cc2F)c1. The Balaban J connectivity index is 2.15. The van der Waals surface area contributed by atoms with E-state index in [-0.39, 0.29) is 18.0 Å². The summed E-state index contributed by atoms with van der Waals surface area (Å²) in [4.78, 5) is 13.6. The van der Waals surface area contributed by atoms with Crippen LogP contribution >= 0.6 is 15.9 Å². The number of anilines is 1. The number of nitrogens with zero attached hydrogens (tertiary/aromatic N) is 1. The molecule has 0 unspecified atom stereocenters. The van der Waals surface area contributed by atoms with Crippen molar-refractivity contribution in [1.29, 1.82) is 0 Å². The summed E-state index contributed by atoms with van der Waals surface area (Å²) in [5, 5.41) is 0. The van der Waals surface area contributed by atoms with E-state index >= 15 is 0 Å². The number of carbonyl (C=O) groups excluding carboxylic acids is 1. The topological polar surface area (TPSA) is 29.5 Å². The van der Waals surface area contributed by atoms with E-state index in [4.69, 9.17) is 4.74 Å². The first-order valence-corrected chi connectivity index (χ1v) is 7.15. The maximum Gasteiger partial charge on any atom is 0.231 e. The van der Waals surface area contributed by atoms with E-state index in [2.05, 4.69) is 15.9 Å². The standard InChI is InChI=1S/C16H15BrFNO2/c1-19(15-7-6-12(17)10-14(15)18)16(20)9-11-4-3-5-13(8-11)21-2/h3-8,10H,9H2,1-2H3. The van der Waals surface area contributed by atoms with Crippen molar-refractivity contribution in [3.63, 3.8) is 0 Å². The monoisotopic (exact) mass is 351 g/mol. The Morgan fingerprint density at radius 3 is 2.71 bits per heavy atom. The lowest BCUT2D eigenvalue weighted by molar-refractivity contribution is -0.117. The van der Waals surface area contributed by atoms with Crippen LogP contribution in [0.2, 0.25) is 0 Å². The van der Waals surface area contributed by atoms with Crippen molar-refractivity contribution >= 4 is 27.5 Å². The highest BCUT2D eigenvalue weighted by molar-refractivity contribution is 9.10. The van der Waals surface area contributed by atoms with Crippen LogP contribution in [0.1, 0.15) is 5.56 Å². The van der Waals surface area contributed by atoms with E-state index in [1.54, 1.807) is 32.4 Å². The van der Waals surface area contributed by atoms with Crippen LogP contribution < -0.4 is 9.64 Å². The van der Waals surface area contributed by atoms with Gasteiger partial charge in [0.2, 0.25) is 5.91 Å². The molecule has 0 fully saturated rings. The van der Waals surface area contributed by atoms with Crippen molar-refractivity contribution in [2.75, 3.05) is 19.1 Å². The highest BCUT2D eigenvalue weighted by atomic mass is 79.9. The zero-order chi connectivity index (χ0) is 15.4. The molecule has 0 atom stereocenters. The third-order valence-electron chi connectivity index (χ3n) is 3.13. The molecule has 0 spiro atoms. The average Bonchev–Trinajstić information content (AvgIpc) is 2.46. The normalized spacial score (nSPS) is 10.3. The van der Waals surface area contributed by atoms with Gasteiger partial charge in [0.1, 0.15) is 11.6 Å². The Morgan fingerprint density at radius 1 is 1.29 bits per heavy atom. The molecule has 1 amide bonds. The van der Waals surface area contributed by atoms with Crippen molar-refractivity contribution in [3.8, 4) is 5.75 Å². The molecule has 0 radical (unpaired) electrons. The molecule has 2 aromatic rings. The lowest BCUT2D eigenvalue weighted by Crippen LogP contribution is -2.28. The van der Waals surface area contributed by atoms with Gasteiger partial charge in [-0.3, -0.25) is 4.79 Å². The van der Waals surface area contributed by atoms with Crippen molar-refractivity contribution in [2.24, 2.45) is 0 Å². The molecular formula is C16H15BrFNO2. The summed E-state index contributed by atoms with van der Waals surface area (Å²) in [7, 11) is 3.14. The van der Waals surface area contributed by atoms with Crippen LogP contribution in [0.25, 0.3) is 0 Å². The van der Waals surface area contributed by atoms with Crippen LogP contribution in [0.5, 0.6) is 5.75 Å². The number of methoxy groups -OCH3 is 1. The number of ether oxygens (including phenoxy) is 1. The number of carbonyl (C=O) groups is 1. The lowest BCUT2D eigenvalue weighted by atomic mass is 10.1. The van der Waals surface area contributed by atoms with Crippen LogP contribution in [-0.2, 0) is 11.2 Å². The minimum atomic E-state index is -0.439. The van der Waals surface area contributed by atoms with Gasteiger partial charge < -0.3 is 9.64 Å². The molecule has 3 nitrogen and oxygen atoms in total. The number of rotatable bonds is 4. The highest BCUT2D eigenvalue weighted by Crippen LogP contribution is 2.23. The van der Waals surface area contributed by atoms with E-state index < -0.39 is 5.82 Å². The fourth-order valence-corrected chi connectivity index (χ4v) is 2.30. The number of benzene rings is 2. The quantitative estimate of drug-likeness (QED) is 0.838. The lowest BCUT2D eigenvalue weighted by Gasteiger charge is -2.18. The second-order valence-electron chi connectivity index (χ2n) is 4.58. The van der Waals surface area contributed by atoms with Crippen LogP contribution in [0.4, 0.5) is 10.1 Å².